The molecule has 138 valence electrons. The van der Waals surface area contributed by atoms with Gasteiger partial charge in [0.25, 0.3) is 5.56 Å². The maximum atomic E-state index is 13.1. The van der Waals surface area contributed by atoms with Crippen LogP contribution in [0.5, 0.6) is 23.0 Å². The molecule has 0 radical (unpaired) electrons. The first kappa shape index (κ1) is 17.0. The van der Waals surface area contributed by atoms with Gasteiger partial charge in [0.15, 0.2) is 29.3 Å². The molecule has 27 heavy (non-hydrogen) atoms. The first-order chi connectivity index (χ1) is 13.1. The molecule has 0 aliphatic carbocycles. The minimum Gasteiger partial charge on any atom is -0.493 e. The van der Waals surface area contributed by atoms with Crippen LogP contribution in [0.1, 0.15) is 10.4 Å². The molecule has 0 atom stereocenters. The van der Waals surface area contributed by atoms with Crippen molar-refractivity contribution in [2.45, 2.75) is 0 Å². The van der Waals surface area contributed by atoms with Crippen LogP contribution in [0.2, 0.25) is 0 Å². The van der Waals surface area contributed by atoms with Gasteiger partial charge in [0.2, 0.25) is 6.79 Å². The first-order valence-corrected chi connectivity index (χ1v) is 8.23. The molecule has 2 aromatic carbocycles. The lowest BCUT2D eigenvalue weighted by Gasteiger charge is -2.15. The number of methoxy groups -OCH3 is 2. The van der Waals surface area contributed by atoms with Gasteiger partial charge in [-0.3, -0.25) is 9.59 Å². The lowest BCUT2D eigenvalue weighted by atomic mass is 10.0. The maximum Gasteiger partial charge on any atom is 0.262 e. The van der Waals surface area contributed by atoms with Crippen molar-refractivity contribution in [3.63, 3.8) is 0 Å². The molecule has 1 aliphatic heterocycles. The normalized spacial score (nSPS) is 12.3. The second kappa shape index (κ2) is 6.35. The highest BCUT2D eigenvalue weighted by molar-refractivity contribution is 5.95. The van der Waals surface area contributed by atoms with E-state index in [1.807, 2.05) is 6.07 Å². The average Bonchev–Trinajstić information content (AvgIpc) is 3.16. The third-order valence-electron chi connectivity index (χ3n) is 4.70. The number of ether oxygens (including phenoxy) is 4. The van der Waals surface area contributed by atoms with Gasteiger partial charge in [-0.2, -0.15) is 0 Å². The van der Waals surface area contributed by atoms with Crippen LogP contribution in [-0.4, -0.2) is 31.9 Å². The van der Waals surface area contributed by atoms with E-state index in [-0.39, 0.29) is 12.4 Å². The zero-order valence-electron chi connectivity index (χ0n) is 15.1. The number of benzene rings is 2. The number of carbonyl (C=O) groups is 1. The molecule has 0 fully saturated rings. The third kappa shape index (κ3) is 2.51. The van der Waals surface area contributed by atoms with Gasteiger partial charge < -0.3 is 23.5 Å². The second-order valence-corrected chi connectivity index (χ2v) is 6.07. The van der Waals surface area contributed by atoms with Crippen LogP contribution in [0.25, 0.3) is 22.0 Å². The summed E-state index contributed by atoms with van der Waals surface area (Å²) in [7, 11) is 4.66. The topological polar surface area (TPSA) is 76.0 Å². The Balaban J connectivity index is 2.04. The first-order valence-electron chi connectivity index (χ1n) is 8.23. The van der Waals surface area contributed by atoms with E-state index in [1.165, 1.54) is 18.8 Å². The molecule has 0 amide bonds. The van der Waals surface area contributed by atoms with Crippen LogP contribution in [-0.2, 0) is 7.05 Å². The Kier molecular flexibility index (Phi) is 3.99. The second-order valence-electron chi connectivity index (χ2n) is 6.07. The largest absolute Gasteiger partial charge is 0.493 e. The Labute approximate surface area is 154 Å². The number of nitrogens with zero attached hydrogens (tertiary/aromatic N) is 1. The van der Waals surface area contributed by atoms with Crippen molar-refractivity contribution in [3.8, 4) is 34.3 Å². The Morgan fingerprint density at radius 3 is 2.48 bits per heavy atom. The lowest BCUT2D eigenvalue weighted by molar-refractivity contribution is 0.112. The van der Waals surface area contributed by atoms with E-state index in [2.05, 4.69) is 0 Å². The summed E-state index contributed by atoms with van der Waals surface area (Å²) in [6.45, 7) is 0.102. The molecule has 0 saturated carbocycles. The molecule has 7 nitrogen and oxygen atoms in total. The van der Waals surface area contributed by atoms with Gasteiger partial charge in [-0.15, -0.1) is 0 Å². The van der Waals surface area contributed by atoms with Gasteiger partial charge in [-0.1, -0.05) is 6.07 Å². The predicted octanol–water partition coefficient (Wildman–Crippen LogP) is 2.76. The quantitative estimate of drug-likeness (QED) is 0.660. The number of fused-ring (bicyclic) bond motifs is 2. The number of carbonyl (C=O) groups excluding carboxylic acids is 1. The molecule has 0 bridgehead atoms. The fourth-order valence-electron chi connectivity index (χ4n) is 3.34. The van der Waals surface area contributed by atoms with Crippen LogP contribution in [0.15, 0.2) is 35.1 Å². The smallest absolute Gasteiger partial charge is 0.262 e. The molecule has 0 spiro atoms. The van der Waals surface area contributed by atoms with Gasteiger partial charge >= 0.3 is 0 Å². The zero-order chi connectivity index (χ0) is 19.1. The summed E-state index contributed by atoms with van der Waals surface area (Å²) in [6, 6.07) is 8.70. The summed E-state index contributed by atoms with van der Waals surface area (Å²) in [5, 5.41) is 1.09. The van der Waals surface area contributed by atoms with Crippen molar-refractivity contribution in [1.29, 1.82) is 0 Å². The molecule has 1 aliphatic rings. The van der Waals surface area contributed by atoms with Crippen molar-refractivity contribution in [1.82, 2.24) is 4.57 Å². The lowest BCUT2D eigenvalue weighted by Crippen LogP contribution is -2.19. The summed E-state index contributed by atoms with van der Waals surface area (Å²) in [6.07, 6.45) is 0.737. The van der Waals surface area contributed by atoms with E-state index in [4.69, 9.17) is 18.9 Å². The van der Waals surface area contributed by atoms with Crippen LogP contribution < -0.4 is 24.5 Å². The highest BCUT2D eigenvalue weighted by Crippen LogP contribution is 2.39. The molecular weight excluding hydrogens is 350 g/mol. The number of pyridine rings is 1. The van der Waals surface area contributed by atoms with E-state index in [9.17, 15) is 9.59 Å². The minimum atomic E-state index is -0.257. The third-order valence-corrected chi connectivity index (χ3v) is 4.70. The van der Waals surface area contributed by atoms with Crippen molar-refractivity contribution < 1.29 is 23.7 Å². The molecule has 0 N–H and O–H groups in total. The standard InChI is InChI=1S/C20H17NO6/c1-21-14(13-8-17-16(26-10-27-17)7-12(13)9-22)6-11-4-5-15(24-2)19(25-3)18(11)20(21)23/h4-9H,10H2,1-3H3. The SMILES string of the molecule is COc1ccc2cc(-c3cc4c(cc3C=O)OCO4)n(C)c(=O)c2c1OC. The molecule has 3 aromatic rings. The summed E-state index contributed by atoms with van der Waals surface area (Å²) >= 11 is 0. The van der Waals surface area contributed by atoms with Crippen LogP contribution >= 0.6 is 0 Å². The van der Waals surface area contributed by atoms with Crippen molar-refractivity contribution in [3.05, 3.63) is 46.2 Å². The van der Waals surface area contributed by atoms with Crippen molar-refractivity contribution in [2.24, 2.45) is 7.05 Å². The van der Waals surface area contributed by atoms with Gasteiger partial charge in [-0.25, -0.2) is 0 Å². The van der Waals surface area contributed by atoms with E-state index in [0.717, 1.165) is 6.29 Å². The summed E-state index contributed by atoms with van der Waals surface area (Å²) in [4.78, 5) is 24.7. The number of hydrogen-bond donors (Lipinski definition) is 0. The predicted molar refractivity (Wildman–Crippen MR) is 99.2 cm³/mol. The highest BCUT2D eigenvalue weighted by atomic mass is 16.7. The molecule has 4 rings (SSSR count). The van der Waals surface area contributed by atoms with Gasteiger partial charge in [0, 0.05) is 18.2 Å². The van der Waals surface area contributed by atoms with Crippen molar-refractivity contribution >= 4 is 17.1 Å². The molecule has 0 saturated heterocycles. The Morgan fingerprint density at radius 1 is 1.07 bits per heavy atom. The van der Waals surface area contributed by atoms with Gasteiger partial charge in [-0.05, 0) is 29.7 Å². The number of rotatable bonds is 4. The monoisotopic (exact) mass is 367 g/mol. The molecule has 1 aromatic heterocycles. The van der Waals surface area contributed by atoms with E-state index in [0.29, 0.717) is 50.6 Å². The number of hydrogen-bond acceptors (Lipinski definition) is 6. The van der Waals surface area contributed by atoms with Crippen LogP contribution in [0, 0.1) is 0 Å². The maximum absolute atomic E-state index is 13.1. The van der Waals surface area contributed by atoms with Crippen LogP contribution in [0.4, 0.5) is 0 Å². The fourth-order valence-corrected chi connectivity index (χ4v) is 3.34. The Hall–Kier alpha value is -3.48. The number of aldehydes is 1. The van der Waals surface area contributed by atoms with Gasteiger partial charge in [0.05, 0.1) is 25.3 Å². The van der Waals surface area contributed by atoms with E-state index >= 15 is 0 Å². The average molecular weight is 367 g/mol. The molecule has 0 unspecified atom stereocenters. The van der Waals surface area contributed by atoms with Gasteiger partial charge in [0.1, 0.15) is 0 Å². The minimum absolute atomic E-state index is 0.102. The summed E-state index contributed by atoms with van der Waals surface area (Å²) in [5.41, 5.74) is 1.33. The Bertz CT molecular complexity index is 1130. The highest BCUT2D eigenvalue weighted by Gasteiger charge is 2.21. The molecular formula is C20H17NO6. The summed E-state index contributed by atoms with van der Waals surface area (Å²) < 4.78 is 22.9. The number of aromatic nitrogens is 1. The van der Waals surface area contributed by atoms with E-state index < -0.39 is 0 Å². The Morgan fingerprint density at radius 2 is 1.81 bits per heavy atom. The zero-order valence-corrected chi connectivity index (χ0v) is 15.1. The van der Waals surface area contributed by atoms with E-state index in [1.54, 1.807) is 31.3 Å². The molecule has 2 heterocycles. The fraction of sp³-hybridized carbons (Fsp3) is 0.200. The molecule has 7 heteroatoms. The van der Waals surface area contributed by atoms with Crippen LogP contribution in [0.3, 0.4) is 0 Å². The van der Waals surface area contributed by atoms with Crippen molar-refractivity contribution in [2.75, 3.05) is 21.0 Å². The summed E-state index contributed by atoms with van der Waals surface area (Å²) in [5.74, 6) is 1.91.